The van der Waals surface area contributed by atoms with E-state index in [0.29, 0.717) is 62.6 Å². The summed E-state index contributed by atoms with van der Waals surface area (Å²) in [5.41, 5.74) is 2.76. The van der Waals surface area contributed by atoms with E-state index >= 15 is 0 Å². The lowest BCUT2D eigenvalue weighted by Gasteiger charge is -2.28. The van der Waals surface area contributed by atoms with Crippen LogP contribution in [0, 0.1) is 0 Å². The molecule has 0 unspecified atom stereocenters. The van der Waals surface area contributed by atoms with Gasteiger partial charge in [-0.3, -0.25) is 4.79 Å². The van der Waals surface area contributed by atoms with E-state index in [-0.39, 0.29) is 5.91 Å². The first kappa shape index (κ1) is 24.4. The molecule has 1 aromatic carbocycles. The van der Waals surface area contributed by atoms with Gasteiger partial charge in [0.25, 0.3) is 5.91 Å². The summed E-state index contributed by atoms with van der Waals surface area (Å²) >= 11 is 0. The lowest BCUT2D eigenvalue weighted by molar-refractivity contribution is 0.102. The van der Waals surface area contributed by atoms with Gasteiger partial charge in [0.15, 0.2) is 0 Å². The SMILES string of the molecule is COCCN(C)c1cc(C(=O)Nc2cccc(C(C)=NN(C)C)c2)nc(N2CCOCC2)n1. The third kappa shape index (κ3) is 6.87. The second-order valence-electron chi connectivity index (χ2n) is 7.99. The van der Waals surface area contributed by atoms with Crippen molar-refractivity contribution in [2.45, 2.75) is 6.92 Å². The number of carbonyl (C=O) groups excluding carboxylic acids is 1. The van der Waals surface area contributed by atoms with Crippen molar-refractivity contribution in [2.75, 3.05) is 82.8 Å². The third-order valence-electron chi connectivity index (χ3n) is 5.14. The van der Waals surface area contributed by atoms with Crippen molar-refractivity contribution in [3.8, 4) is 0 Å². The average molecular weight is 456 g/mol. The van der Waals surface area contributed by atoms with Crippen LogP contribution in [0.25, 0.3) is 0 Å². The first-order chi connectivity index (χ1) is 15.9. The molecule has 0 radical (unpaired) electrons. The molecule has 0 aliphatic carbocycles. The number of benzene rings is 1. The molecule has 1 N–H and O–H groups in total. The predicted octanol–water partition coefficient (Wildman–Crippen LogP) is 1.93. The molecule has 0 atom stereocenters. The second-order valence-corrected chi connectivity index (χ2v) is 7.99. The number of methoxy groups -OCH3 is 1. The molecule has 33 heavy (non-hydrogen) atoms. The van der Waals surface area contributed by atoms with Crippen LogP contribution in [0.1, 0.15) is 23.0 Å². The Morgan fingerprint density at radius 2 is 1.97 bits per heavy atom. The quantitative estimate of drug-likeness (QED) is 0.453. The van der Waals surface area contributed by atoms with Crippen LogP contribution in [0.5, 0.6) is 0 Å². The maximum absolute atomic E-state index is 13.2. The second kappa shape index (κ2) is 11.6. The number of morpholine rings is 1. The molecule has 0 saturated carbocycles. The van der Waals surface area contributed by atoms with E-state index in [2.05, 4.69) is 15.4 Å². The van der Waals surface area contributed by atoms with Gasteiger partial charge in [0.1, 0.15) is 11.5 Å². The first-order valence-electron chi connectivity index (χ1n) is 10.9. The van der Waals surface area contributed by atoms with Gasteiger partial charge in [-0.2, -0.15) is 10.1 Å². The average Bonchev–Trinajstić information content (AvgIpc) is 2.82. The van der Waals surface area contributed by atoms with Crippen LogP contribution in [0.3, 0.4) is 0 Å². The normalized spacial score (nSPS) is 14.2. The monoisotopic (exact) mass is 455 g/mol. The van der Waals surface area contributed by atoms with Crippen molar-refractivity contribution in [1.29, 1.82) is 0 Å². The highest BCUT2D eigenvalue weighted by molar-refractivity contribution is 6.05. The number of anilines is 3. The van der Waals surface area contributed by atoms with Crippen LogP contribution < -0.4 is 15.1 Å². The molecule has 1 fully saturated rings. The Morgan fingerprint density at radius 3 is 2.67 bits per heavy atom. The maximum atomic E-state index is 13.2. The number of rotatable bonds is 9. The fraction of sp³-hybridized carbons (Fsp3) is 0.478. The minimum absolute atomic E-state index is 0.298. The Hall–Kier alpha value is -3.24. The number of nitrogens with one attached hydrogen (secondary N) is 1. The Kier molecular flexibility index (Phi) is 8.56. The summed E-state index contributed by atoms with van der Waals surface area (Å²) < 4.78 is 10.6. The summed E-state index contributed by atoms with van der Waals surface area (Å²) in [7, 11) is 7.32. The van der Waals surface area contributed by atoms with E-state index in [9.17, 15) is 4.79 Å². The molecule has 1 aliphatic heterocycles. The highest BCUT2D eigenvalue weighted by atomic mass is 16.5. The molecule has 3 rings (SSSR count). The Bertz CT molecular complexity index is 974. The predicted molar refractivity (Wildman–Crippen MR) is 131 cm³/mol. The standard InChI is InChI=1S/C23H33N7O3/c1-17(27-28(2)3)18-7-6-8-19(15-18)24-22(31)20-16-21(29(4)9-12-32-5)26-23(25-20)30-10-13-33-14-11-30/h6-8,15-16H,9-14H2,1-5H3,(H,24,31). The molecule has 1 aromatic heterocycles. The molecule has 10 heteroatoms. The third-order valence-corrected chi connectivity index (χ3v) is 5.14. The van der Waals surface area contributed by atoms with Crippen molar-refractivity contribution in [3.05, 3.63) is 41.6 Å². The minimum atomic E-state index is -0.298. The molecule has 1 aliphatic rings. The number of hydrogen-bond acceptors (Lipinski definition) is 9. The van der Waals surface area contributed by atoms with Gasteiger partial charge in [0.05, 0.1) is 25.5 Å². The van der Waals surface area contributed by atoms with Gasteiger partial charge < -0.3 is 29.6 Å². The van der Waals surface area contributed by atoms with Gasteiger partial charge in [0.2, 0.25) is 5.95 Å². The lowest BCUT2D eigenvalue weighted by atomic mass is 10.1. The summed E-state index contributed by atoms with van der Waals surface area (Å²) in [5.74, 6) is 0.886. The molecule has 0 spiro atoms. The van der Waals surface area contributed by atoms with E-state index in [1.807, 2.05) is 62.1 Å². The van der Waals surface area contributed by atoms with Crippen molar-refractivity contribution in [2.24, 2.45) is 5.10 Å². The molecular formula is C23H33N7O3. The molecule has 10 nitrogen and oxygen atoms in total. The summed E-state index contributed by atoms with van der Waals surface area (Å²) in [6, 6.07) is 9.30. The fourth-order valence-corrected chi connectivity index (χ4v) is 3.36. The molecule has 2 heterocycles. The fourth-order valence-electron chi connectivity index (χ4n) is 3.36. The zero-order valence-corrected chi connectivity index (χ0v) is 20.0. The van der Waals surface area contributed by atoms with Gasteiger partial charge in [-0.05, 0) is 24.6 Å². The number of amides is 1. The Labute approximate surface area is 195 Å². The van der Waals surface area contributed by atoms with Gasteiger partial charge in [0, 0.05) is 59.6 Å². The van der Waals surface area contributed by atoms with E-state index in [0.717, 1.165) is 11.3 Å². The number of nitrogens with zero attached hydrogens (tertiary/aromatic N) is 6. The van der Waals surface area contributed by atoms with Crippen molar-refractivity contribution < 1.29 is 14.3 Å². The Morgan fingerprint density at radius 1 is 1.21 bits per heavy atom. The van der Waals surface area contributed by atoms with E-state index in [1.54, 1.807) is 18.2 Å². The van der Waals surface area contributed by atoms with Crippen molar-refractivity contribution >= 4 is 29.1 Å². The maximum Gasteiger partial charge on any atom is 0.274 e. The number of carbonyl (C=O) groups is 1. The van der Waals surface area contributed by atoms with Gasteiger partial charge in [-0.1, -0.05) is 12.1 Å². The van der Waals surface area contributed by atoms with Crippen LogP contribution in [0.2, 0.25) is 0 Å². The molecule has 2 aromatic rings. The highest BCUT2D eigenvalue weighted by Gasteiger charge is 2.20. The number of hydrogen-bond donors (Lipinski definition) is 1. The highest BCUT2D eigenvalue weighted by Crippen LogP contribution is 2.20. The van der Waals surface area contributed by atoms with Crippen LogP contribution in [0.4, 0.5) is 17.5 Å². The van der Waals surface area contributed by atoms with E-state index in [4.69, 9.17) is 14.5 Å². The van der Waals surface area contributed by atoms with E-state index in [1.165, 1.54) is 0 Å². The zero-order valence-electron chi connectivity index (χ0n) is 20.0. The topological polar surface area (TPSA) is 95.4 Å². The molecule has 178 valence electrons. The Balaban J connectivity index is 1.86. The largest absolute Gasteiger partial charge is 0.383 e. The first-order valence-corrected chi connectivity index (χ1v) is 10.9. The van der Waals surface area contributed by atoms with Gasteiger partial charge >= 0.3 is 0 Å². The lowest BCUT2D eigenvalue weighted by Crippen LogP contribution is -2.38. The summed E-state index contributed by atoms with van der Waals surface area (Å²) in [6.45, 7) is 5.70. The minimum Gasteiger partial charge on any atom is -0.383 e. The number of ether oxygens (including phenoxy) is 2. The van der Waals surface area contributed by atoms with Crippen molar-refractivity contribution in [1.82, 2.24) is 15.0 Å². The van der Waals surface area contributed by atoms with Crippen LogP contribution in [-0.4, -0.2) is 94.3 Å². The van der Waals surface area contributed by atoms with E-state index < -0.39 is 0 Å². The summed E-state index contributed by atoms with van der Waals surface area (Å²) in [4.78, 5) is 26.4. The summed E-state index contributed by atoms with van der Waals surface area (Å²) in [5, 5.41) is 9.14. The number of aromatic nitrogens is 2. The van der Waals surface area contributed by atoms with Gasteiger partial charge in [-0.25, -0.2) is 4.98 Å². The molecule has 0 bridgehead atoms. The van der Waals surface area contributed by atoms with Crippen molar-refractivity contribution in [3.63, 3.8) is 0 Å². The summed E-state index contributed by atoms with van der Waals surface area (Å²) in [6.07, 6.45) is 0. The molecule has 1 saturated heterocycles. The number of likely N-dealkylation sites (N-methyl/N-ethyl adjacent to an activating group) is 1. The van der Waals surface area contributed by atoms with Gasteiger partial charge in [-0.15, -0.1) is 0 Å². The van der Waals surface area contributed by atoms with Crippen LogP contribution in [-0.2, 0) is 9.47 Å². The zero-order chi connectivity index (χ0) is 23.8. The smallest absolute Gasteiger partial charge is 0.274 e. The number of hydrazone groups is 1. The molecular weight excluding hydrogens is 422 g/mol. The van der Waals surface area contributed by atoms with Crippen LogP contribution in [0.15, 0.2) is 35.4 Å². The van der Waals surface area contributed by atoms with Crippen LogP contribution >= 0.6 is 0 Å². The molecule has 1 amide bonds.